The first kappa shape index (κ1) is 14.0. The van der Waals surface area contributed by atoms with E-state index in [2.05, 4.69) is 10.3 Å². The van der Waals surface area contributed by atoms with E-state index in [-0.39, 0.29) is 11.6 Å². The number of nitrogens with zero attached hydrogens (tertiary/aromatic N) is 2. The first-order valence-electron chi connectivity index (χ1n) is 5.34. The van der Waals surface area contributed by atoms with Crippen molar-refractivity contribution < 1.29 is 8.78 Å². The lowest BCUT2D eigenvalue weighted by atomic mass is 10.3. The van der Waals surface area contributed by atoms with Crippen LogP contribution in [-0.2, 0) is 0 Å². The van der Waals surface area contributed by atoms with Gasteiger partial charge in [0, 0.05) is 26.7 Å². The standard InChI is InChI=1S/C11H17F2N3S/c1-14-10-8(12)7-9(13)11(15-10)16(2)5-4-6-17-3/h7H,4-6H2,1-3H3,(H,14,15). The summed E-state index contributed by atoms with van der Waals surface area (Å²) in [5.41, 5.74) is 0. The molecule has 0 fully saturated rings. The van der Waals surface area contributed by atoms with Crippen LogP contribution in [0.1, 0.15) is 6.42 Å². The summed E-state index contributed by atoms with van der Waals surface area (Å²) in [6.45, 7) is 0.694. The van der Waals surface area contributed by atoms with Crippen LogP contribution in [0.2, 0.25) is 0 Å². The molecule has 0 atom stereocenters. The minimum absolute atomic E-state index is 0.0677. The van der Waals surface area contributed by atoms with Crippen molar-refractivity contribution in [3.63, 3.8) is 0 Å². The van der Waals surface area contributed by atoms with Crippen molar-refractivity contribution in [2.24, 2.45) is 0 Å². The molecule has 0 saturated carbocycles. The largest absolute Gasteiger partial charge is 0.371 e. The zero-order valence-electron chi connectivity index (χ0n) is 10.3. The van der Waals surface area contributed by atoms with Gasteiger partial charge in [-0.05, 0) is 18.4 Å². The summed E-state index contributed by atoms with van der Waals surface area (Å²) in [6.07, 6.45) is 2.96. The van der Waals surface area contributed by atoms with E-state index in [1.807, 2.05) is 6.26 Å². The first-order chi connectivity index (χ1) is 8.10. The molecule has 0 spiro atoms. The average Bonchev–Trinajstić information content (AvgIpc) is 2.29. The summed E-state index contributed by atoms with van der Waals surface area (Å²) in [5, 5.41) is 2.60. The molecule has 0 aliphatic rings. The van der Waals surface area contributed by atoms with E-state index in [1.54, 1.807) is 30.8 Å². The van der Waals surface area contributed by atoms with Crippen LogP contribution in [0.4, 0.5) is 20.4 Å². The Morgan fingerprint density at radius 3 is 2.71 bits per heavy atom. The average molecular weight is 261 g/mol. The number of halogens is 2. The SMILES string of the molecule is CNc1nc(N(C)CCCSC)c(F)cc1F. The smallest absolute Gasteiger partial charge is 0.168 e. The van der Waals surface area contributed by atoms with Crippen molar-refractivity contribution in [2.45, 2.75) is 6.42 Å². The summed E-state index contributed by atoms with van der Waals surface area (Å²) < 4.78 is 26.8. The Bertz CT molecular complexity index is 374. The molecule has 0 amide bonds. The van der Waals surface area contributed by atoms with Crippen molar-refractivity contribution in [1.82, 2.24) is 4.98 Å². The zero-order valence-corrected chi connectivity index (χ0v) is 11.1. The van der Waals surface area contributed by atoms with Gasteiger partial charge in [-0.25, -0.2) is 13.8 Å². The van der Waals surface area contributed by atoms with E-state index in [9.17, 15) is 8.78 Å². The minimum atomic E-state index is -0.675. The summed E-state index contributed by atoms with van der Waals surface area (Å²) in [6, 6.07) is 0.860. The maximum Gasteiger partial charge on any atom is 0.168 e. The van der Waals surface area contributed by atoms with Crippen LogP contribution in [0.25, 0.3) is 0 Å². The van der Waals surface area contributed by atoms with E-state index in [0.29, 0.717) is 6.54 Å². The van der Waals surface area contributed by atoms with Gasteiger partial charge in [0.2, 0.25) is 0 Å². The van der Waals surface area contributed by atoms with Crippen LogP contribution in [0.15, 0.2) is 6.07 Å². The Morgan fingerprint density at radius 1 is 1.41 bits per heavy atom. The van der Waals surface area contributed by atoms with Crippen LogP contribution in [0.5, 0.6) is 0 Å². The van der Waals surface area contributed by atoms with Crippen molar-refractivity contribution in [3.8, 4) is 0 Å². The molecule has 3 nitrogen and oxygen atoms in total. The molecule has 1 aromatic heterocycles. The molecule has 0 bridgehead atoms. The number of hydrogen-bond donors (Lipinski definition) is 1. The molecule has 1 aromatic rings. The van der Waals surface area contributed by atoms with Crippen molar-refractivity contribution >= 4 is 23.4 Å². The van der Waals surface area contributed by atoms with Crippen molar-refractivity contribution in [1.29, 1.82) is 0 Å². The lowest BCUT2D eigenvalue weighted by Gasteiger charge is -2.19. The third kappa shape index (κ3) is 3.73. The van der Waals surface area contributed by atoms with Crippen LogP contribution in [0, 0.1) is 11.6 Å². The number of hydrogen-bond acceptors (Lipinski definition) is 4. The number of rotatable bonds is 6. The van der Waals surface area contributed by atoms with Gasteiger partial charge in [-0.2, -0.15) is 11.8 Å². The van der Waals surface area contributed by atoms with Crippen LogP contribution >= 0.6 is 11.8 Å². The van der Waals surface area contributed by atoms with Crippen molar-refractivity contribution in [3.05, 3.63) is 17.7 Å². The molecule has 0 aliphatic heterocycles. The zero-order chi connectivity index (χ0) is 12.8. The number of pyridine rings is 1. The maximum absolute atomic E-state index is 13.5. The predicted molar refractivity (Wildman–Crippen MR) is 70.0 cm³/mol. The monoisotopic (exact) mass is 261 g/mol. The number of nitrogens with one attached hydrogen (secondary N) is 1. The third-order valence-electron chi connectivity index (χ3n) is 2.35. The molecule has 6 heteroatoms. The number of aromatic nitrogens is 1. The van der Waals surface area contributed by atoms with Crippen LogP contribution in [0.3, 0.4) is 0 Å². The van der Waals surface area contributed by atoms with Gasteiger partial charge in [0.25, 0.3) is 0 Å². The molecule has 0 aliphatic carbocycles. The molecule has 0 unspecified atom stereocenters. The normalized spacial score (nSPS) is 10.4. The van der Waals surface area contributed by atoms with E-state index >= 15 is 0 Å². The lowest BCUT2D eigenvalue weighted by molar-refractivity contribution is 0.573. The first-order valence-corrected chi connectivity index (χ1v) is 6.73. The van der Waals surface area contributed by atoms with Gasteiger partial charge in [0.15, 0.2) is 23.3 Å². The van der Waals surface area contributed by atoms with Gasteiger partial charge in [-0.15, -0.1) is 0 Å². The lowest BCUT2D eigenvalue weighted by Crippen LogP contribution is -2.22. The highest BCUT2D eigenvalue weighted by molar-refractivity contribution is 7.98. The summed E-state index contributed by atoms with van der Waals surface area (Å²) in [7, 11) is 3.31. The second-order valence-corrected chi connectivity index (χ2v) is 4.63. The molecule has 1 heterocycles. The predicted octanol–water partition coefficient (Wildman–Crippen LogP) is 2.59. The molecular weight excluding hydrogens is 244 g/mol. The van der Waals surface area contributed by atoms with Crippen LogP contribution < -0.4 is 10.2 Å². The van der Waals surface area contributed by atoms with E-state index < -0.39 is 11.6 Å². The highest BCUT2D eigenvalue weighted by atomic mass is 32.2. The van der Waals surface area contributed by atoms with Gasteiger partial charge >= 0.3 is 0 Å². The Hall–Kier alpha value is -1.04. The third-order valence-corrected chi connectivity index (χ3v) is 3.05. The van der Waals surface area contributed by atoms with Gasteiger partial charge in [-0.1, -0.05) is 0 Å². The van der Waals surface area contributed by atoms with Gasteiger partial charge in [0.1, 0.15) is 0 Å². The molecule has 96 valence electrons. The van der Waals surface area contributed by atoms with Gasteiger partial charge < -0.3 is 10.2 Å². The Morgan fingerprint density at radius 2 is 2.12 bits per heavy atom. The summed E-state index contributed by atoms with van der Waals surface area (Å²) >= 11 is 1.74. The molecule has 0 saturated heterocycles. The fourth-order valence-corrected chi connectivity index (χ4v) is 1.87. The van der Waals surface area contributed by atoms with E-state index in [0.717, 1.165) is 18.2 Å². The van der Waals surface area contributed by atoms with Gasteiger partial charge in [-0.3, -0.25) is 0 Å². The minimum Gasteiger partial charge on any atom is -0.371 e. The van der Waals surface area contributed by atoms with E-state index in [1.165, 1.54) is 0 Å². The van der Waals surface area contributed by atoms with Crippen molar-refractivity contribution in [2.75, 3.05) is 42.9 Å². The van der Waals surface area contributed by atoms with E-state index in [4.69, 9.17) is 0 Å². The Kier molecular flexibility index (Phi) is 5.47. The summed E-state index contributed by atoms with van der Waals surface area (Å²) in [4.78, 5) is 5.63. The highest BCUT2D eigenvalue weighted by Gasteiger charge is 2.14. The summed E-state index contributed by atoms with van der Waals surface area (Å²) in [5.74, 6) is -0.0548. The molecular formula is C11H17F2N3S. The molecule has 1 rings (SSSR count). The maximum atomic E-state index is 13.5. The molecule has 0 aromatic carbocycles. The number of thioether (sulfide) groups is 1. The number of anilines is 2. The van der Waals surface area contributed by atoms with Crippen LogP contribution in [-0.4, -0.2) is 37.6 Å². The molecule has 0 radical (unpaired) electrons. The topological polar surface area (TPSA) is 28.2 Å². The Labute approximate surface area is 105 Å². The second kappa shape index (κ2) is 6.64. The fraction of sp³-hybridized carbons (Fsp3) is 0.545. The van der Waals surface area contributed by atoms with Gasteiger partial charge in [0.05, 0.1) is 0 Å². The fourth-order valence-electron chi connectivity index (χ4n) is 1.45. The molecule has 1 N–H and O–H groups in total. The molecule has 17 heavy (non-hydrogen) atoms. The quantitative estimate of drug-likeness (QED) is 0.797. The second-order valence-electron chi connectivity index (χ2n) is 3.64. The Balaban J connectivity index is 2.81. The highest BCUT2D eigenvalue weighted by Crippen LogP contribution is 2.21.